The molecule has 0 spiro atoms. The normalized spacial score (nSPS) is 11.6. The maximum Gasteiger partial charge on any atom is 0.435 e. The smallest absolute Gasteiger partial charge is 0.435 e. The number of imidazole rings is 4. The Morgan fingerprint density at radius 2 is 0.786 bits per heavy atom. The van der Waals surface area contributed by atoms with Crippen LogP contribution in [0.4, 0.5) is 139 Å². The zero-order valence-corrected chi connectivity index (χ0v) is 73.0. The monoisotopic (exact) mass is 1930 g/mol. The molecule has 0 amide bonds. The third-order valence-corrected chi connectivity index (χ3v) is 20.3. The number of benzene rings is 8. The predicted octanol–water partition coefficient (Wildman–Crippen LogP) is 22.5. The Balaban J connectivity index is 0.000000126. The number of rotatable bonds is 18. The number of pyridine rings is 1. The van der Waals surface area contributed by atoms with Crippen molar-refractivity contribution < 1.29 is 79.7 Å². The highest BCUT2D eigenvalue weighted by Gasteiger charge is 2.41. The quantitative estimate of drug-likeness (QED) is 0.0392. The number of nitrogens with one attached hydrogen (secondary N) is 5. The summed E-state index contributed by atoms with van der Waals surface area (Å²) in [7, 11) is 1.56. The molecular formula is C94H70F16N28O2. The molecule has 30 nitrogen and oxygen atoms in total. The molecule has 0 radical (unpaired) electrons. The molecule has 8 aromatic carbocycles. The van der Waals surface area contributed by atoms with Crippen LogP contribution in [0.15, 0.2) is 274 Å². The number of aromatic nitrogens is 21. The first-order valence-corrected chi connectivity index (χ1v) is 41.3. The summed E-state index contributed by atoms with van der Waals surface area (Å²) in [6.45, 7) is 4.44. The Morgan fingerprint density at radius 1 is 0.364 bits per heavy atom. The number of fused-ring (bicyclic) bond motifs is 5. The van der Waals surface area contributed by atoms with Gasteiger partial charge in [-0.2, -0.15) is 91.5 Å². The molecule has 0 aliphatic rings. The van der Waals surface area contributed by atoms with Crippen LogP contribution in [0, 0.1) is 39.3 Å². The number of methoxy groups -OCH3 is 1. The predicted molar refractivity (Wildman–Crippen MR) is 490 cm³/mol. The van der Waals surface area contributed by atoms with Gasteiger partial charge >= 0.3 is 31.3 Å². The molecular weight excluding hydrogens is 1860 g/mol. The molecule has 20 rings (SSSR count). The fourth-order valence-electron chi connectivity index (χ4n) is 14.1. The third kappa shape index (κ3) is 22.3. The van der Waals surface area contributed by atoms with Crippen LogP contribution >= 0.6 is 0 Å². The second-order valence-corrected chi connectivity index (χ2v) is 30.1. The van der Waals surface area contributed by atoms with Gasteiger partial charge in [-0.3, -0.25) is 23.1 Å². The lowest BCUT2D eigenvalue weighted by atomic mass is 10.1. The molecule has 710 valence electrons. The number of hydrogen-bond donors (Lipinski definition) is 7. The maximum absolute atomic E-state index is 13.7. The van der Waals surface area contributed by atoms with Gasteiger partial charge in [-0.25, -0.2) is 58.2 Å². The molecule has 20 aromatic rings. The molecule has 0 aliphatic heterocycles. The Labute approximate surface area is 779 Å². The van der Waals surface area contributed by atoms with Crippen molar-refractivity contribution in [2.45, 2.75) is 59.0 Å². The van der Waals surface area contributed by atoms with Crippen LogP contribution in [-0.4, -0.2) is 116 Å². The van der Waals surface area contributed by atoms with E-state index in [1.54, 1.807) is 97.6 Å². The molecule has 12 aromatic heterocycles. The lowest BCUT2D eigenvalue weighted by Gasteiger charge is -2.11. The van der Waals surface area contributed by atoms with Gasteiger partial charge < -0.3 is 47.5 Å². The SMILES string of the molecule is COc1ccc(Nc2ccnc(-c3c(C(F)(F)F)nn4ccccc34)n2)cc1.Cc1ccc(Nc2ccnc(-c3c(C(F)(F)F)nc4cnccn34)n2)cc1.Cc1nc2cc(F)c(F)cc2n1-c1nc(N)cc(Nc2ccc(C(F)(F)F)cc2)n1.Cc1nc2ccccc2n1-c1nc(N)cc(Nc2ccc(C(F)(F)F)cc2)n1.Cc1nc2ccccc2n1-c1nccc(Nc2ccc(OC(F)F)cc2)n1. The van der Waals surface area contributed by atoms with Gasteiger partial charge in [0.1, 0.15) is 75.4 Å². The Hall–Kier alpha value is -18.0. The average molecular weight is 1930 g/mol. The Morgan fingerprint density at radius 3 is 1.29 bits per heavy atom. The van der Waals surface area contributed by atoms with Gasteiger partial charge in [-0.15, -0.1) is 0 Å². The van der Waals surface area contributed by atoms with Gasteiger partial charge in [-0.1, -0.05) is 48.0 Å². The van der Waals surface area contributed by atoms with Crippen LogP contribution in [0.1, 0.15) is 45.6 Å². The highest BCUT2D eigenvalue weighted by molar-refractivity contribution is 5.82. The molecule has 12 heterocycles. The van der Waals surface area contributed by atoms with E-state index in [1.807, 2.05) is 98.1 Å². The van der Waals surface area contributed by atoms with E-state index in [9.17, 15) is 70.2 Å². The van der Waals surface area contributed by atoms with Crippen LogP contribution in [0.3, 0.4) is 0 Å². The molecule has 0 atom stereocenters. The van der Waals surface area contributed by atoms with Crippen molar-refractivity contribution in [3.8, 4) is 52.3 Å². The summed E-state index contributed by atoms with van der Waals surface area (Å²) in [5.74, 6) is 3.35. The van der Waals surface area contributed by atoms with E-state index in [2.05, 4.69) is 111 Å². The van der Waals surface area contributed by atoms with Gasteiger partial charge in [0.2, 0.25) is 17.8 Å². The van der Waals surface area contributed by atoms with E-state index in [-0.39, 0.29) is 74.3 Å². The van der Waals surface area contributed by atoms with E-state index in [0.717, 1.165) is 75.5 Å². The number of alkyl halides is 14. The second kappa shape index (κ2) is 39.9. The number of nitrogen functional groups attached to an aromatic ring is 2. The number of nitrogens with two attached hydrogens (primary N) is 2. The highest BCUT2D eigenvalue weighted by atomic mass is 19.4. The van der Waals surface area contributed by atoms with Crippen molar-refractivity contribution in [2.75, 3.05) is 45.2 Å². The summed E-state index contributed by atoms with van der Waals surface area (Å²) in [5, 5.41) is 18.7. The van der Waals surface area contributed by atoms with Crippen LogP contribution < -0.4 is 47.5 Å². The summed E-state index contributed by atoms with van der Waals surface area (Å²) >= 11 is 0. The van der Waals surface area contributed by atoms with Crippen LogP contribution in [0.2, 0.25) is 0 Å². The summed E-state index contributed by atoms with van der Waals surface area (Å²) in [6.07, 6.45) is -8.17. The molecule has 0 bridgehead atoms. The Bertz CT molecular complexity index is 7830. The minimum absolute atomic E-state index is 0.0374. The van der Waals surface area contributed by atoms with Crippen molar-refractivity contribution in [1.82, 2.24) is 102 Å². The van der Waals surface area contributed by atoms with Gasteiger partial charge in [0.25, 0.3) is 0 Å². The zero-order chi connectivity index (χ0) is 99.1. The lowest BCUT2D eigenvalue weighted by molar-refractivity contribution is -0.141. The minimum Gasteiger partial charge on any atom is -0.497 e. The van der Waals surface area contributed by atoms with Gasteiger partial charge in [0.05, 0.1) is 68.6 Å². The summed E-state index contributed by atoms with van der Waals surface area (Å²) in [5.41, 5.74) is 16.0. The molecule has 0 unspecified atom stereocenters. The fraction of sp³-hybridized carbons (Fsp3) is 0.106. The van der Waals surface area contributed by atoms with E-state index < -0.39 is 65.5 Å². The van der Waals surface area contributed by atoms with Gasteiger partial charge in [0, 0.05) is 89.9 Å². The van der Waals surface area contributed by atoms with Crippen molar-refractivity contribution in [3.05, 3.63) is 331 Å². The number of nitrogens with zero attached hydrogens (tertiary/aromatic N) is 21. The first-order chi connectivity index (χ1) is 66.9. The van der Waals surface area contributed by atoms with Gasteiger partial charge in [-0.05, 0) is 191 Å². The molecule has 0 fully saturated rings. The maximum atomic E-state index is 13.7. The van der Waals surface area contributed by atoms with E-state index in [4.69, 9.17) is 16.2 Å². The molecule has 0 saturated carbocycles. The standard InChI is InChI=1S/C19H13F5N6.C19H15F3N6.C19H14F3N5O.C19H15F2N5O.C18H13F3N6/c1-9-26-14-6-12(20)13(21)7-15(14)30(9)18-28-16(25)8-17(29-18)27-11-4-2-10(3-5-11)19(22,23)24;1-11-24-14-4-2-3-5-15(14)28(11)18-26-16(23)10-17(27-18)25-13-8-6-12(7-9-13)19(20,21)22;1-28-13-7-5-12(6-8-13)24-15-9-10-23-18(25-15)16-14-4-2-3-11-27(14)26-17(16)19(20,21)22;1-12-23-15-4-2-3-5-16(15)26(12)19-22-11-10-17(25-19)24-13-6-8-14(9-7-13)27-18(20)21;1-11-2-4-12(5-3-11)24-13-6-7-23-17(25-13)15-16(18(19,20)21)26-14-10-22-8-9-27(14)15/h2-8H,1H3,(H3,25,27,28,29);2-10H,1H3,(H3,23,25,26,27);2-11H,1H3,(H,23,24,25);2-11,18H,1H3,(H,22,24,25);2-10H,1H3,(H,23,24,25). The summed E-state index contributed by atoms with van der Waals surface area (Å²) < 4.78 is 226. The van der Waals surface area contributed by atoms with Crippen molar-refractivity contribution in [3.63, 3.8) is 0 Å². The van der Waals surface area contributed by atoms with Crippen molar-refractivity contribution >= 4 is 113 Å². The largest absolute Gasteiger partial charge is 0.497 e. The molecule has 46 heteroatoms. The van der Waals surface area contributed by atoms with Crippen molar-refractivity contribution in [1.29, 1.82) is 0 Å². The number of para-hydroxylation sites is 4. The van der Waals surface area contributed by atoms with Crippen LogP contribution in [0.5, 0.6) is 11.5 Å². The highest BCUT2D eigenvalue weighted by Crippen LogP contribution is 2.41. The van der Waals surface area contributed by atoms with E-state index >= 15 is 0 Å². The number of halogens is 16. The first kappa shape index (κ1) is 95.1. The number of hydrogen-bond acceptors (Lipinski definition) is 25. The second-order valence-electron chi connectivity index (χ2n) is 30.1. The van der Waals surface area contributed by atoms with E-state index in [1.165, 1.54) is 99.2 Å². The number of aryl methyl sites for hydroxylation is 4. The first-order valence-electron chi connectivity index (χ1n) is 41.3. The minimum atomic E-state index is -4.65. The topological polar surface area (TPSA) is 360 Å². The average Bonchev–Trinajstić information content (AvgIpc) is 1.62. The number of anilines is 12. The van der Waals surface area contributed by atoms with E-state index in [0.29, 0.717) is 75.3 Å². The van der Waals surface area contributed by atoms with Crippen LogP contribution in [-0.2, 0) is 24.7 Å². The number of ether oxygens (including phenoxy) is 2. The zero-order valence-electron chi connectivity index (χ0n) is 73.0. The van der Waals surface area contributed by atoms with Crippen LogP contribution in [0.25, 0.3) is 85.0 Å². The molecule has 0 saturated heterocycles. The lowest BCUT2D eigenvalue weighted by Crippen LogP contribution is -2.09. The molecule has 9 N–H and O–H groups in total. The van der Waals surface area contributed by atoms with Gasteiger partial charge in [0.15, 0.2) is 40.3 Å². The Kier molecular flexibility index (Phi) is 27.1. The fourth-order valence-corrected chi connectivity index (χ4v) is 14.1. The summed E-state index contributed by atoms with van der Waals surface area (Å²) in [4.78, 5) is 63.3. The molecule has 140 heavy (non-hydrogen) atoms. The van der Waals surface area contributed by atoms with Crippen molar-refractivity contribution in [2.24, 2.45) is 0 Å². The summed E-state index contributed by atoms with van der Waals surface area (Å²) in [6, 6.07) is 59.7. The molecule has 0 aliphatic carbocycles. The third-order valence-electron chi connectivity index (χ3n) is 20.3.